The Morgan fingerprint density at radius 3 is 1.47 bits per heavy atom. The highest BCUT2D eigenvalue weighted by Crippen LogP contribution is 2.52. The van der Waals surface area contributed by atoms with Gasteiger partial charge in [0, 0.05) is 22.9 Å². The molecule has 86 heavy (non-hydrogen) atoms. The number of likely N-dealkylation sites (N-methyl/N-ethyl adjacent to an activating group) is 1. The molecule has 3 aliphatic heterocycles. The van der Waals surface area contributed by atoms with Crippen LogP contribution in [-0.4, -0.2) is 139 Å². The van der Waals surface area contributed by atoms with Crippen molar-refractivity contribution in [3.8, 4) is 11.8 Å². The Bertz CT molecular complexity index is 2700. The summed E-state index contributed by atoms with van der Waals surface area (Å²) in [7, 11) is 0. The molecule has 6 aliphatic rings. The first-order valence-electron chi connectivity index (χ1n) is 33.9. The molecule has 0 saturated carbocycles. The monoisotopic (exact) mass is 1180 g/mol. The van der Waals surface area contributed by atoms with Gasteiger partial charge in [-0.25, -0.2) is 0 Å². The van der Waals surface area contributed by atoms with Crippen molar-refractivity contribution >= 4 is 17.7 Å². The van der Waals surface area contributed by atoms with Crippen LogP contribution in [0, 0.1) is 28.6 Å². The van der Waals surface area contributed by atoms with Gasteiger partial charge in [-0.1, -0.05) is 134 Å². The van der Waals surface area contributed by atoms with E-state index >= 15 is 0 Å². The number of carbonyl (C=O) groups excluding carboxylic acids is 3. The molecule has 3 heterocycles. The Balaban J connectivity index is 0.000000238. The van der Waals surface area contributed by atoms with Gasteiger partial charge in [0.2, 0.25) is 17.7 Å². The molecule has 0 aromatic heterocycles. The molecule has 4 atom stereocenters. The second-order valence-electron chi connectivity index (χ2n) is 29.6. The summed E-state index contributed by atoms with van der Waals surface area (Å²) in [5.74, 6) is 7.02. The Kier molecular flexibility index (Phi) is 25.0. The highest BCUT2D eigenvalue weighted by molar-refractivity contribution is 5.78. The number of ether oxygens (including phenoxy) is 1. The number of amides is 3. The molecule has 11 heteroatoms. The fourth-order valence-electron chi connectivity index (χ4n) is 15.3. The van der Waals surface area contributed by atoms with Crippen LogP contribution in [0.2, 0.25) is 0 Å². The van der Waals surface area contributed by atoms with Crippen LogP contribution in [0.25, 0.3) is 0 Å². The fourth-order valence-corrected chi connectivity index (χ4v) is 15.3. The molecular formula is C75H120N6O5. The molecule has 0 unspecified atom stereocenters. The zero-order valence-electron chi connectivity index (χ0n) is 56.1. The lowest BCUT2D eigenvalue weighted by Gasteiger charge is -2.49. The maximum atomic E-state index is 12.8. The van der Waals surface area contributed by atoms with Crippen molar-refractivity contribution in [3.05, 3.63) is 106 Å². The average Bonchev–Trinajstić information content (AvgIpc) is 0.990. The predicted molar refractivity (Wildman–Crippen MR) is 358 cm³/mol. The van der Waals surface area contributed by atoms with E-state index in [0.29, 0.717) is 29.4 Å². The third kappa shape index (κ3) is 18.3. The fraction of sp³-hybridized carbons (Fsp3) is 0.693. The molecule has 480 valence electrons. The van der Waals surface area contributed by atoms with Crippen molar-refractivity contribution in [2.45, 2.75) is 233 Å². The van der Waals surface area contributed by atoms with E-state index in [9.17, 15) is 19.5 Å². The minimum absolute atomic E-state index is 0. The number of rotatable bonds is 17. The number of aliphatic hydroxyl groups excluding tert-OH is 1. The van der Waals surface area contributed by atoms with E-state index in [4.69, 9.17) is 4.74 Å². The van der Waals surface area contributed by atoms with Gasteiger partial charge in [-0.2, -0.15) is 0 Å². The van der Waals surface area contributed by atoms with Crippen molar-refractivity contribution < 1.29 is 27.1 Å². The maximum Gasteiger partial charge on any atom is 0.249 e. The minimum atomic E-state index is -0.595. The Labute approximate surface area is 525 Å². The predicted octanol–water partition coefficient (Wildman–Crippen LogP) is 14.6. The molecule has 0 radical (unpaired) electrons. The molecule has 11 nitrogen and oxygen atoms in total. The Hall–Kier alpha value is -4.57. The van der Waals surface area contributed by atoms with E-state index in [2.05, 4.69) is 167 Å². The van der Waals surface area contributed by atoms with Crippen LogP contribution < -0.4 is 5.32 Å². The van der Waals surface area contributed by atoms with E-state index < -0.39 is 6.10 Å². The van der Waals surface area contributed by atoms with Gasteiger partial charge in [0.05, 0.1) is 37.2 Å². The van der Waals surface area contributed by atoms with Crippen LogP contribution in [-0.2, 0) is 35.4 Å². The molecule has 3 spiro atoms. The second-order valence-corrected chi connectivity index (χ2v) is 29.6. The van der Waals surface area contributed by atoms with Crippen molar-refractivity contribution in [2.75, 3.05) is 85.2 Å². The van der Waals surface area contributed by atoms with Gasteiger partial charge in [0.1, 0.15) is 6.61 Å². The first-order valence-corrected chi connectivity index (χ1v) is 33.9. The molecule has 3 aromatic carbocycles. The van der Waals surface area contributed by atoms with Gasteiger partial charge in [-0.3, -0.25) is 14.4 Å². The summed E-state index contributed by atoms with van der Waals surface area (Å²) in [6.07, 6.45) is 17.3. The van der Waals surface area contributed by atoms with Crippen LogP contribution in [0.5, 0.6) is 0 Å². The third-order valence-corrected chi connectivity index (χ3v) is 20.7. The average molecular weight is 1190 g/mol. The van der Waals surface area contributed by atoms with Crippen molar-refractivity contribution in [1.82, 2.24) is 29.8 Å². The van der Waals surface area contributed by atoms with Crippen molar-refractivity contribution in [2.24, 2.45) is 16.7 Å². The molecule has 3 aromatic rings. The molecule has 3 aliphatic carbocycles. The van der Waals surface area contributed by atoms with Crippen molar-refractivity contribution in [1.29, 1.82) is 0 Å². The SMILES string of the molecule is CC#CCN(C(C)=O)[C@H]1CCC2(CCN(CCC(C)C)CC2)c2ccccc21.CCOCC(=O)N(CC)[C@H]1CCC2(CCN(CCC(C)(C)C)CC2)c2ccccc21.C[C@@H](O)CC(=O)N[C@@H]1CCC2(CCN(CCC(C)(C)C)CC2)c2ccccc21.[HH].[HH]. The van der Waals surface area contributed by atoms with Crippen LogP contribution >= 0.6 is 0 Å². The van der Waals surface area contributed by atoms with E-state index in [1.807, 2.05) is 23.6 Å². The summed E-state index contributed by atoms with van der Waals surface area (Å²) < 4.78 is 5.43. The summed E-state index contributed by atoms with van der Waals surface area (Å²) in [5.41, 5.74) is 10.1. The molecule has 3 saturated heterocycles. The van der Waals surface area contributed by atoms with Crippen LogP contribution in [0.15, 0.2) is 72.8 Å². The summed E-state index contributed by atoms with van der Waals surface area (Å²) in [6.45, 7) is 40.6. The molecule has 3 amide bonds. The van der Waals surface area contributed by atoms with Crippen LogP contribution in [0.3, 0.4) is 0 Å². The number of nitrogens with zero attached hydrogens (tertiary/aromatic N) is 5. The standard InChI is InChI=1S/C26H42N2O2.C25H36N2O.C24H38N2O2.2H2/c1-6-28(24(29)20-30-7-2)23-12-13-26(22-11-9-8-10-21(22)23)15-18-27(19-16-26)17-14-25(3,4)5;1-5-6-16-27(21(4)28)24-11-13-25(23-10-8-7-9-22(23)24)14-18-26(19-15-25)17-12-20(2)3;1-18(27)17-22(28)25-21-9-10-24(20-8-6-5-7-19(20)21)12-15-26(16-13-24)14-11-23(2,3)4;;/h8-11,23H,6-7,12-20H2,1-5H3;7-10,20,24H,11-19H2,1-4H3;5-8,18,21,27H,9-17H2,1-4H3,(H,25,28);2*1H/t23-;24-;18-,21-;;/m001../s1. The quantitative estimate of drug-likeness (QED) is 0.129. The number of piperidine rings is 3. The highest BCUT2D eigenvalue weighted by atomic mass is 16.5. The first-order chi connectivity index (χ1) is 40.9. The zero-order chi connectivity index (χ0) is 62.3. The van der Waals surface area contributed by atoms with Crippen LogP contribution in [0.4, 0.5) is 0 Å². The number of fused-ring (bicyclic) bond motifs is 6. The number of carbonyl (C=O) groups is 3. The number of aliphatic hydroxyl groups is 1. The van der Waals surface area contributed by atoms with Gasteiger partial charge in [0.15, 0.2) is 0 Å². The van der Waals surface area contributed by atoms with Crippen molar-refractivity contribution in [3.63, 3.8) is 0 Å². The summed E-state index contributed by atoms with van der Waals surface area (Å²) in [6, 6.07) is 27.0. The minimum Gasteiger partial charge on any atom is -0.393 e. The van der Waals surface area contributed by atoms with Gasteiger partial charge in [0.25, 0.3) is 0 Å². The lowest BCUT2D eigenvalue weighted by molar-refractivity contribution is -0.139. The summed E-state index contributed by atoms with van der Waals surface area (Å²) in [4.78, 5) is 49.3. The van der Waals surface area contributed by atoms with Gasteiger partial charge in [-0.15, -0.1) is 5.92 Å². The van der Waals surface area contributed by atoms with Gasteiger partial charge < -0.3 is 39.7 Å². The van der Waals surface area contributed by atoms with E-state index in [-0.39, 0.29) is 62.6 Å². The number of hydrogen-bond donors (Lipinski definition) is 2. The van der Waals surface area contributed by atoms with Gasteiger partial charge in [-0.05, 0) is 249 Å². The molecule has 3 fully saturated rings. The molecule has 2 N–H and O–H groups in total. The zero-order valence-corrected chi connectivity index (χ0v) is 56.1. The largest absolute Gasteiger partial charge is 0.393 e. The molecular weight excluding hydrogens is 1060 g/mol. The summed E-state index contributed by atoms with van der Waals surface area (Å²) >= 11 is 0. The number of likely N-dealkylation sites (tertiary alicyclic amines) is 3. The molecule has 9 rings (SSSR count). The number of nitrogens with one attached hydrogen (secondary N) is 1. The lowest BCUT2D eigenvalue weighted by Crippen LogP contribution is -2.47. The first kappa shape index (κ1) is 68.9. The van der Waals surface area contributed by atoms with E-state index in [1.165, 1.54) is 163 Å². The Morgan fingerprint density at radius 1 is 0.640 bits per heavy atom. The third-order valence-electron chi connectivity index (χ3n) is 20.7. The van der Waals surface area contributed by atoms with Crippen LogP contribution in [0.1, 0.15) is 247 Å². The molecule has 0 bridgehead atoms. The number of benzene rings is 3. The normalized spacial score (nSPS) is 21.9. The maximum absolute atomic E-state index is 12.8. The lowest BCUT2D eigenvalue weighted by atomic mass is 9.63. The second kappa shape index (κ2) is 31.2. The summed E-state index contributed by atoms with van der Waals surface area (Å²) in [5, 5.41) is 12.7. The number of hydrogen-bond acceptors (Lipinski definition) is 8. The van der Waals surface area contributed by atoms with Gasteiger partial charge >= 0.3 is 0 Å². The topological polar surface area (TPSA) is 109 Å². The van der Waals surface area contributed by atoms with E-state index in [1.54, 1.807) is 13.8 Å². The van der Waals surface area contributed by atoms with E-state index in [0.717, 1.165) is 38.1 Å². The highest BCUT2D eigenvalue weighted by Gasteiger charge is 2.46. The Morgan fingerprint density at radius 2 is 1.06 bits per heavy atom. The smallest absolute Gasteiger partial charge is 0.249 e.